The van der Waals surface area contributed by atoms with Gasteiger partial charge in [-0.2, -0.15) is 0 Å². The molecule has 0 aliphatic rings. The number of nitrogens with one attached hydrogen (secondary N) is 1. The van der Waals surface area contributed by atoms with Crippen LogP contribution in [0.2, 0.25) is 0 Å². The zero-order valence-electron chi connectivity index (χ0n) is 15.6. The Morgan fingerprint density at radius 3 is 1.96 bits per heavy atom. The average molecular weight is 392 g/mol. The van der Waals surface area contributed by atoms with Crippen molar-refractivity contribution in [1.29, 1.82) is 0 Å². The number of carbonyl (C=O) groups is 1. The van der Waals surface area contributed by atoms with Gasteiger partial charge in [-0.3, -0.25) is 4.79 Å². The average Bonchev–Trinajstić information content (AvgIpc) is 2.67. The minimum absolute atomic E-state index is 0.115. The molecule has 0 aliphatic carbocycles. The smallest absolute Gasteiger partial charge is 0.240 e. The highest BCUT2D eigenvalue weighted by atomic mass is 32.2. The number of amides is 1. The lowest BCUT2D eigenvalue weighted by Gasteiger charge is -2.21. The Labute approximate surface area is 160 Å². The van der Waals surface area contributed by atoms with E-state index in [0.29, 0.717) is 12.3 Å². The van der Waals surface area contributed by atoms with Gasteiger partial charge in [0.15, 0.2) is 0 Å². The third-order valence-electron chi connectivity index (χ3n) is 4.02. The van der Waals surface area contributed by atoms with E-state index in [1.165, 1.54) is 26.2 Å². The summed E-state index contributed by atoms with van der Waals surface area (Å²) in [6.45, 7) is 2.23. The number of benzene rings is 2. The quantitative estimate of drug-likeness (QED) is 0.706. The van der Waals surface area contributed by atoms with E-state index in [0.717, 1.165) is 11.3 Å². The van der Waals surface area contributed by atoms with E-state index in [2.05, 4.69) is 4.72 Å². The molecule has 1 N–H and O–H groups in total. The third kappa shape index (κ3) is 5.97. The van der Waals surface area contributed by atoms with Crippen LogP contribution < -0.4 is 14.2 Å². The van der Waals surface area contributed by atoms with Crippen LogP contribution in [0, 0.1) is 0 Å². The summed E-state index contributed by atoms with van der Waals surface area (Å²) in [5, 5.41) is 0. The lowest BCUT2D eigenvalue weighted by atomic mass is 10.2. The molecular formula is C19H24N2O5S. The molecule has 0 spiro atoms. The normalized spacial score (nSPS) is 11.1. The van der Waals surface area contributed by atoms with Crippen molar-refractivity contribution < 1.29 is 22.7 Å². The highest BCUT2D eigenvalue weighted by molar-refractivity contribution is 7.89. The van der Waals surface area contributed by atoms with E-state index in [1.54, 1.807) is 24.1 Å². The largest absolute Gasteiger partial charge is 0.497 e. The SMILES string of the molecule is COc1ccc(CN(CCNS(=O)(=O)c2ccc(OC)cc2)C(C)=O)cc1. The molecule has 0 saturated carbocycles. The molecule has 2 aromatic carbocycles. The van der Waals surface area contributed by atoms with Crippen LogP contribution in [-0.2, 0) is 21.4 Å². The monoisotopic (exact) mass is 392 g/mol. The standard InChI is InChI=1S/C19H24N2O5S/c1-15(22)21(14-16-4-6-17(25-2)7-5-16)13-12-20-27(23,24)19-10-8-18(26-3)9-11-19/h4-11,20H,12-14H2,1-3H3. The van der Waals surface area contributed by atoms with Gasteiger partial charge < -0.3 is 14.4 Å². The summed E-state index contributed by atoms with van der Waals surface area (Å²) in [6.07, 6.45) is 0. The van der Waals surface area contributed by atoms with Crippen molar-refractivity contribution in [2.75, 3.05) is 27.3 Å². The molecule has 2 aromatic rings. The first-order valence-corrected chi connectivity index (χ1v) is 9.86. The summed E-state index contributed by atoms with van der Waals surface area (Å²) < 4.78 is 37.3. The van der Waals surface area contributed by atoms with Gasteiger partial charge in [-0.15, -0.1) is 0 Å². The van der Waals surface area contributed by atoms with E-state index < -0.39 is 10.0 Å². The maximum absolute atomic E-state index is 12.3. The van der Waals surface area contributed by atoms with Crippen molar-refractivity contribution in [1.82, 2.24) is 9.62 Å². The number of hydrogen-bond acceptors (Lipinski definition) is 5. The molecule has 0 atom stereocenters. The Bertz CT molecular complexity index is 849. The lowest BCUT2D eigenvalue weighted by Crippen LogP contribution is -2.37. The minimum atomic E-state index is -3.65. The van der Waals surface area contributed by atoms with Crippen LogP contribution >= 0.6 is 0 Å². The predicted octanol–water partition coefficient (Wildman–Crippen LogP) is 2.03. The first-order chi connectivity index (χ1) is 12.9. The van der Waals surface area contributed by atoms with Crippen molar-refractivity contribution in [3.63, 3.8) is 0 Å². The van der Waals surface area contributed by atoms with Crippen LogP contribution in [0.15, 0.2) is 53.4 Å². The third-order valence-corrected chi connectivity index (χ3v) is 5.50. The van der Waals surface area contributed by atoms with Gasteiger partial charge in [0.1, 0.15) is 11.5 Å². The van der Waals surface area contributed by atoms with Crippen LogP contribution in [0.3, 0.4) is 0 Å². The Morgan fingerprint density at radius 1 is 0.963 bits per heavy atom. The Balaban J connectivity index is 1.95. The summed E-state index contributed by atoms with van der Waals surface area (Å²) in [5.74, 6) is 1.19. The fourth-order valence-electron chi connectivity index (χ4n) is 2.45. The molecule has 0 unspecified atom stereocenters. The molecular weight excluding hydrogens is 368 g/mol. The molecule has 0 aliphatic heterocycles. The summed E-state index contributed by atoms with van der Waals surface area (Å²) in [4.78, 5) is 13.6. The number of ether oxygens (including phenoxy) is 2. The first kappa shape index (κ1) is 20.7. The number of nitrogens with zero attached hydrogens (tertiary/aromatic N) is 1. The minimum Gasteiger partial charge on any atom is -0.497 e. The number of hydrogen-bond donors (Lipinski definition) is 1. The van der Waals surface area contributed by atoms with Crippen LogP contribution in [0.25, 0.3) is 0 Å². The fourth-order valence-corrected chi connectivity index (χ4v) is 3.47. The van der Waals surface area contributed by atoms with Crippen LogP contribution in [0.1, 0.15) is 12.5 Å². The van der Waals surface area contributed by atoms with Gasteiger partial charge in [0.2, 0.25) is 15.9 Å². The molecule has 0 radical (unpaired) electrons. The van der Waals surface area contributed by atoms with Crippen molar-refractivity contribution in [2.24, 2.45) is 0 Å². The molecule has 2 rings (SSSR count). The van der Waals surface area contributed by atoms with Gasteiger partial charge in [-0.05, 0) is 42.0 Å². The molecule has 7 nitrogen and oxygen atoms in total. The predicted molar refractivity (Wildman–Crippen MR) is 102 cm³/mol. The summed E-state index contributed by atoms with van der Waals surface area (Å²) in [7, 11) is -0.545. The Hall–Kier alpha value is -2.58. The van der Waals surface area contributed by atoms with Gasteiger partial charge in [-0.25, -0.2) is 13.1 Å². The summed E-state index contributed by atoms with van der Waals surface area (Å²) in [5.41, 5.74) is 0.934. The van der Waals surface area contributed by atoms with Gasteiger partial charge >= 0.3 is 0 Å². The topological polar surface area (TPSA) is 84.9 Å². The van der Waals surface area contributed by atoms with Gasteiger partial charge in [-0.1, -0.05) is 12.1 Å². The second-order valence-electron chi connectivity index (χ2n) is 5.86. The molecule has 0 heterocycles. The summed E-state index contributed by atoms with van der Waals surface area (Å²) >= 11 is 0. The van der Waals surface area contributed by atoms with E-state index in [4.69, 9.17) is 9.47 Å². The number of carbonyl (C=O) groups excluding carboxylic acids is 1. The Morgan fingerprint density at radius 2 is 1.48 bits per heavy atom. The Kier molecular flexibility index (Phi) is 7.20. The molecule has 146 valence electrons. The van der Waals surface area contributed by atoms with E-state index >= 15 is 0 Å². The molecule has 27 heavy (non-hydrogen) atoms. The maximum atomic E-state index is 12.3. The van der Waals surface area contributed by atoms with Crippen LogP contribution in [0.5, 0.6) is 11.5 Å². The van der Waals surface area contributed by atoms with Crippen LogP contribution in [-0.4, -0.2) is 46.5 Å². The zero-order valence-corrected chi connectivity index (χ0v) is 16.5. The lowest BCUT2D eigenvalue weighted by molar-refractivity contribution is -0.129. The second kappa shape index (κ2) is 9.38. The zero-order chi connectivity index (χ0) is 19.9. The first-order valence-electron chi connectivity index (χ1n) is 8.38. The molecule has 0 aromatic heterocycles. The number of rotatable bonds is 9. The van der Waals surface area contributed by atoms with Crippen molar-refractivity contribution in [2.45, 2.75) is 18.4 Å². The highest BCUT2D eigenvalue weighted by Crippen LogP contribution is 2.15. The summed E-state index contributed by atoms with van der Waals surface area (Å²) in [6, 6.07) is 13.5. The van der Waals surface area contributed by atoms with E-state index in [-0.39, 0.29) is 23.9 Å². The highest BCUT2D eigenvalue weighted by Gasteiger charge is 2.15. The van der Waals surface area contributed by atoms with Crippen molar-refractivity contribution in [3.05, 3.63) is 54.1 Å². The molecule has 0 saturated heterocycles. The van der Waals surface area contributed by atoms with Crippen molar-refractivity contribution in [3.8, 4) is 11.5 Å². The molecule has 0 bridgehead atoms. The molecule has 1 amide bonds. The number of methoxy groups -OCH3 is 2. The van der Waals surface area contributed by atoms with Gasteiger partial charge in [0, 0.05) is 26.6 Å². The van der Waals surface area contributed by atoms with E-state index in [9.17, 15) is 13.2 Å². The number of sulfonamides is 1. The molecule has 8 heteroatoms. The molecule has 0 fully saturated rings. The second-order valence-corrected chi connectivity index (χ2v) is 7.63. The maximum Gasteiger partial charge on any atom is 0.240 e. The van der Waals surface area contributed by atoms with Gasteiger partial charge in [0.05, 0.1) is 19.1 Å². The van der Waals surface area contributed by atoms with Crippen LogP contribution in [0.4, 0.5) is 0 Å². The van der Waals surface area contributed by atoms with Crippen molar-refractivity contribution >= 4 is 15.9 Å². The fraction of sp³-hybridized carbons (Fsp3) is 0.316. The van der Waals surface area contributed by atoms with E-state index in [1.807, 2.05) is 24.3 Å². The van der Waals surface area contributed by atoms with Gasteiger partial charge in [0.25, 0.3) is 0 Å².